The molecule has 0 amide bonds. The fourth-order valence-corrected chi connectivity index (χ4v) is 3.78. The van der Waals surface area contributed by atoms with E-state index < -0.39 is 0 Å². The van der Waals surface area contributed by atoms with E-state index in [2.05, 4.69) is 29.8 Å². The quantitative estimate of drug-likeness (QED) is 0.906. The molecule has 3 heteroatoms. The Bertz CT molecular complexity index is 506. The molecule has 1 N–H and O–H groups in total. The number of nitrogens with one attached hydrogen (secondary N) is 1. The van der Waals surface area contributed by atoms with Crippen LogP contribution in [-0.2, 0) is 0 Å². The lowest BCUT2D eigenvalue weighted by molar-refractivity contribution is 0.179. The molecule has 3 rings (SSSR count). The van der Waals surface area contributed by atoms with Crippen molar-refractivity contribution in [3.05, 3.63) is 34.2 Å². The number of hydrogen-bond acceptors (Lipinski definition) is 2. The van der Waals surface area contributed by atoms with E-state index in [0.29, 0.717) is 23.8 Å². The van der Waals surface area contributed by atoms with Crippen LogP contribution >= 0.6 is 0 Å². The summed E-state index contributed by atoms with van der Waals surface area (Å²) in [5, 5.41) is 3.55. The fraction of sp³-hybridized carbons (Fsp3) is 0.688. The molecule has 1 aromatic rings. The number of piperidine rings is 1. The van der Waals surface area contributed by atoms with E-state index in [9.17, 15) is 4.79 Å². The average Bonchev–Trinajstić information content (AvgIpc) is 2.39. The van der Waals surface area contributed by atoms with Gasteiger partial charge in [-0.1, -0.05) is 19.9 Å². The highest BCUT2D eigenvalue weighted by Gasteiger charge is 2.37. The summed E-state index contributed by atoms with van der Waals surface area (Å²) in [7, 11) is 0. The largest absolute Gasteiger partial charge is 0.316 e. The predicted octanol–water partition coefficient (Wildman–Crippen LogP) is 2.53. The molecule has 2 aliphatic heterocycles. The van der Waals surface area contributed by atoms with Crippen LogP contribution in [0.2, 0.25) is 0 Å². The first-order chi connectivity index (χ1) is 9.16. The maximum atomic E-state index is 12.3. The van der Waals surface area contributed by atoms with E-state index in [1.807, 2.05) is 6.07 Å². The van der Waals surface area contributed by atoms with E-state index in [0.717, 1.165) is 19.5 Å². The minimum absolute atomic E-state index is 0.197. The summed E-state index contributed by atoms with van der Waals surface area (Å²) in [6, 6.07) is 6.19. The number of hydrogen-bond donors (Lipinski definition) is 1. The van der Waals surface area contributed by atoms with Crippen LogP contribution in [0.1, 0.15) is 50.8 Å². The first-order valence-electron chi connectivity index (χ1n) is 7.59. The molecule has 0 unspecified atom stereocenters. The Balaban J connectivity index is 1.98. The molecular formula is C16H24N2O. The van der Waals surface area contributed by atoms with Crippen molar-refractivity contribution in [2.24, 2.45) is 11.8 Å². The molecule has 19 heavy (non-hydrogen) atoms. The second-order valence-electron chi connectivity index (χ2n) is 6.55. The van der Waals surface area contributed by atoms with Crippen molar-refractivity contribution in [2.45, 2.75) is 45.1 Å². The molecule has 3 heterocycles. The standard InChI is InChI=1S/C16H24N2O/c1-11(2)6-7-15-13-8-12(9-17-10-13)14-4-3-5-16(19)18(14)15/h3-5,11-13,15,17H,6-10H2,1-2H3/t12-,13+,15+/m1/s1. The highest BCUT2D eigenvalue weighted by Crippen LogP contribution is 2.40. The molecule has 104 valence electrons. The van der Waals surface area contributed by atoms with Gasteiger partial charge < -0.3 is 9.88 Å². The van der Waals surface area contributed by atoms with Gasteiger partial charge in [0.1, 0.15) is 0 Å². The van der Waals surface area contributed by atoms with Crippen molar-refractivity contribution in [3.63, 3.8) is 0 Å². The van der Waals surface area contributed by atoms with Crippen LogP contribution in [0.25, 0.3) is 0 Å². The molecule has 1 saturated heterocycles. The third-order valence-electron chi connectivity index (χ3n) is 4.74. The Kier molecular flexibility index (Phi) is 3.48. The zero-order valence-electron chi connectivity index (χ0n) is 11.9. The molecule has 0 saturated carbocycles. The summed E-state index contributed by atoms with van der Waals surface area (Å²) in [5.41, 5.74) is 1.45. The van der Waals surface area contributed by atoms with Gasteiger partial charge in [-0.15, -0.1) is 0 Å². The molecule has 1 fully saturated rings. The first kappa shape index (κ1) is 12.9. The van der Waals surface area contributed by atoms with Gasteiger partial charge in [0.25, 0.3) is 5.56 Å². The minimum Gasteiger partial charge on any atom is -0.316 e. The zero-order valence-corrected chi connectivity index (χ0v) is 11.9. The summed E-state index contributed by atoms with van der Waals surface area (Å²) in [6.45, 7) is 6.62. The van der Waals surface area contributed by atoms with E-state index >= 15 is 0 Å². The lowest BCUT2D eigenvalue weighted by atomic mass is 9.77. The molecule has 0 aromatic carbocycles. The predicted molar refractivity (Wildman–Crippen MR) is 77.5 cm³/mol. The molecule has 2 aliphatic rings. The summed E-state index contributed by atoms with van der Waals surface area (Å²) in [4.78, 5) is 12.3. The summed E-state index contributed by atoms with van der Waals surface area (Å²) < 4.78 is 2.11. The van der Waals surface area contributed by atoms with Gasteiger partial charge in [-0.05, 0) is 43.7 Å². The van der Waals surface area contributed by atoms with Crippen LogP contribution in [0, 0.1) is 11.8 Å². The molecule has 3 atom stereocenters. The molecule has 0 aliphatic carbocycles. The van der Waals surface area contributed by atoms with E-state index in [1.54, 1.807) is 6.07 Å². The molecule has 0 radical (unpaired) electrons. The Hall–Kier alpha value is -1.09. The number of fused-ring (bicyclic) bond motifs is 4. The van der Waals surface area contributed by atoms with E-state index in [4.69, 9.17) is 0 Å². The Morgan fingerprint density at radius 2 is 2.21 bits per heavy atom. The van der Waals surface area contributed by atoms with Crippen LogP contribution in [0.3, 0.4) is 0 Å². The van der Waals surface area contributed by atoms with Gasteiger partial charge in [0.15, 0.2) is 0 Å². The zero-order chi connectivity index (χ0) is 13.4. The van der Waals surface area contributed by atoms with Crippen LogP contribution in [0.4, 0.5) is 0 Å². The van der Waals surface area contributed by atoms with Gasteiger partial charge in [-0.25, -0.2) is 0 Å². The number of rotatable bonds is 3. The van der Waals surface area contributed by atoms with E-state index in [1.165, 1.54) is 18.5 Å². The molecule has 0 spiro atoms. The van der Waals surface area contributed by atoms with Crippen molar-refractivity contribution in [2.75, 3.05) is 13.1 Å². The Morgan fingerprint density at radius 1 is 1.37 bits per heavy atom. The Labute approximate surface area is 115 Å². The van der Waals surface area contributed by atoms with Crippen molar-refractivity contribution < 1.29 is 0 Å². The minimum atomic E-state index is 0.197. The maximum absolute atomic E-state index is 12.3. The SMILES string of the molecule is CC(C)CC[C@H]1[C@@H]2CNC[C@@H](C2)c2cccc(=O)n21. The van der Waals surface area contributed by atoms with Gasteiger partial charge in [-0.3, -0.25) is 4.79 Å². The summed E-state index contributed by atoms with van der Waals surface area (Å²) in [5.74, 6) is 1.87. The fourth-order valence-electron chi connectivity index (χ4n) is 3.78. The lowest BCUT2D eigenvalue weighted by Crippen LogP contribution is -2.47. The maximum Gasteiger partial charge on any atom is 0.250 e. The number of pyridine rings is 1. The molecular weight excluding hydrogens is 236 g/mol. The van der Waals surface area contributed by atoms with Crippen molar-refractivity contribution in [3.8, 4) is 0 Å². The average molecular weight is 260 g/mol. The van der Waals surface area contributed by atoms with E-state index in [-0.39, 0.29) is 5.56 Å². The molecule has 1 aromatic heterocycles. The van der Waals surface area contributed by atoms with Crippen molar-refractivity contribution in [1.29, 1.82) is 0 Å². The van der Waals surface area contributed by atoms with Crippen LogP contribution < -0.4 is 10.9 Å². The van der Waals surface area contributed by atoms with Crippen LogP contribution in [0.5, 0.6) is 0 Å². The van der Waals surface area contributed by atoms with Crippen LogP contribution in [-0.4, -0.2) is 17.7 Å². The normalized spacial score (nSPS) is 29.3. The monoisotopic (exact) mass is 260 g/mol. The number of nitrogens with zero attached hydrogens (tertiary/aromatic N) is 1. The van der Waals surface area contributed by atoms with Crippen LogP contribution in [0.15, 0.2) is 23.0 Å². The lowest BCUT2D eigenvalue weighted by Gasteiger charge is -2.43. The van der Waals surface area contributed by atoms with Gasteiger partial charge in [0.2, 0.25) is 0 Å². The topological polar surface area (TPSA) is 34.0 Å². The van der Waals surface area contributed by atoms with Gasteiger partial charge in [-0.2, -0.15) is 0 Å². The van der Waals surface area contributed by atoms with Crippen molar-refractivity contribution in [1.82, 2.24) is 9.88 Å². The smallest absolute Gasteiger partial charge is 0.250 e. The third kappa shape index (κ3) is 2.36. The highest BCUT2D eigenvalue weighted by molar-refractivity contribution is 5.18. The van der Waals surface area contributed by atoms with Gasteiger partial charge in [0.05, 0.1) is 0 Å². The molecule has 3 nitrogen and oxygen atoms in total. The highest BCUT2D eigenvalue weighted by atomic mass is 16.1. The summed E-state index contributed by atoms with van der Waals surface area (Å²) >= 11 is 0. The third-order valence-corrected chi connectivity index (χ3v) is 4.74. The Morgan fingerprint density at radius 3 is 3.00 bits per heavy atom. The first-order valence-corrected chi connectivity index (χ1v) is 7.59. The second-order valence-corrected chi connectivity index (χ2v) is 6.55. The number of aromatic nitrogens is 1. The summed E-state index contributed by atoms with van der Waals surface area (Å²) in [6.07, 6.45) is 3.58. The second kappa shape index (κ2) is 5.12. The van der Waals surface area contributed by atoms with Crippen molar-refractivity contribution >= 4 is 0 Å². The molecule has 2 bridgehead atoms. The van der Waals surface area contributed by atoms with Gasteiger partial charge >= 0.3 is 0 Å². The van der Waals surface area contributed by atoms with Gasteiger partial charge in [0, 0.05) is 30.3 Å².